The van der Waals surface area contributed by atoms with E-state index in [0.717, 1.165) is 62.5 Å². The monoisotopic (exact) mass is 472 g/mol. The van der Waals surface area contributed by atoms with Crippen LogP contribution in [0.3, 0.4) is 0 Å². The molecule has 0 aliphatic carbocycles. The quantitative estimate of drug-likeness (QED) is 0.164. The summed E-state index contributed by atoms with van der Waals surface area (Å²) in [7, 11) is 0. The number of aromatic hydroxyl groups is 2. The number of benzene rings is 3. The van der Waals surface area contributed by atoms with E-state index in [1.807, 2.05) is 24.3 Å². The van der Waals surface area contributed by atoms with Crippen molar-refractivity contribution in [3.8, 4) is 11.5 Å². The molecule has 0 atom stereocenters. The summed E-state index contributed by atoms with van der Waals surface area (Å²) in [4.78, 5) is 27.2. The lowest BCUT2D eigenvalue weighted by molar-refractivity contribution is 0.103. The van der Waals surface area contributed by atoms with Gasteiger partial charge in [0.2, 0.25) is 0 Å². The Bertz CT molecular complexity index is 1190. The first-order valence-corrected chi connectivity index (χ1v) is 12.7. The summed E-state index contributed by atoms with van der Waals surface area (Å²) in [6, 6.07) is 16.0. The Morgan fingerprint density at radius 2 is 1.17 bits per heavy atom. The molecule has 0 aromatic heterocycles. The van der Waals surface area contributed by atoms with Crippen molar-refractivity contribution < 1.29 is 19.8 Å². The zero-order chi connectivity index (χ0) is 25.4. The summed E-state index contributed by atoms with van der Waals surface area (Å²) in [5.41, 5.74) is 2.99. The molecule has 2 N–H and O–H groups in total. The van der Waals surface area contributed by atoms with Crippen LogP contribution in [-0.2, 0) is 12.8 Å². The first-order chi connectivity index (χ1) is 16.9. The molecule has 0 aliphatic heterocycles. The third kappa shape index (κ3) is 6.00. The Balaban J connectivity index is 2.04. The van der Waals surface area contributed by atoms with Gasteiger partial charge in [0.05, 0.1) is 11.1 Å². The Labute approximate surface area is 208 Å². The molecule has 0 amide bonds. The fraction of sp³-hybridized carbons (Fsp3) is 0.355. The van der Waals surface area contributed by atoms with Gasteiger partial charge in [-0.25, -0.2) is 0 Å². The van der Waals surface area contributed by atoms with E-state index in [9.17, 15) is 19.8 Å². The highest BCUT2D eigenvalue weighted by molar-refractivity contribution is 6.18. The second kappa shape index (κ2) is 12.3. The van der Waals surface area contributed by atoms with E-state index < -0.39 is 5.78 Å². The Hall–Kier alpha value is -3.40. The second-order valence-electron chi connectivity index (χ2n) is 9.18. The number of phenols is 2. The van der Waals surface area contributed by atoms with Crippen molar-refractivity contribution in [2.24, 2.45) is 0 Å². The molecule has 0 aliphatic rings. The maximum absolute atomic E-state index is 13.7. The smallest absolute Gasteiger partial charge is 0.197 e. The van der Waals surface area contributed by atoms with Crippen LogP contribution in [0.1, 0.15) is 101 Å². The normalized spacial score (nSPS) is 10.9. The van der Waals surface area contributed by atoms with Crippen LogP contribution in [0.25, 0.3) is 0 Å². The van der Waals surface area contributed by atoms with Gasteiger partial charge < -0.3 is 10.2 Å². The molecule has 0 spiro atoms. The molecule has 4 heteroatoms. The van der Waals surface area contributed by atoms with Crippen LogP contribution in [0.5, 0.6) is 11.5 Å². The molecule has 4 nitrogen and oxygen atoms in total. The molecule has 0 heterocycles. The number of phenolic OH excluding ortho intramolecular Hbond substituents is 2. The van der Waals surface area contributed by atoms with E-state index >= 15 is 0 Å². The van der Waals surface area contributed by atoms with Crippen molar-refractivity contribution in [3.05, 3.63) is 93.5 Å². The summed E-state index contributed by atoms with van der Waals surface area (Å²) >= 11 is 0. The summed E-state index contributed by atoms with van der Waals surface area (Å²) in [6.07, 6.45) is 7.72. The van der Waals surface area contributed by atoms with Gasteiger partial charge in [0.1, 0.15) is 11.5 Å². The number of unbranched alkanes of at least 4 members (excludes halogenated alkanes) is 4. The van der Waals surface area contributed by atoms with Gasteiger partial charge in [0.25, 0.3) is 0 Å². The lowest BCUT2D eigenvalue weighted by Gasteiger charge is -2.16. The highest BCUT2D eigenvalue weighted by atomic mass is 16.3. The molecule has 0 unspecified atom stereocenters. The van der Waals surface area contributed by atoms with E-state index in [1.54, 1.807) is 31.2 Å². The topological polar surface area (TPSA) is 74.6 Å². The molecule has 3 aromatic carbocycles. The van der Waals surface area contributed by atoms with Gasteiger partial charge in [0, 0.05) is 16.7 Å². The summed E-state index contributed by atoms with van der Waals surface area (Å²) in [5.74, 6) is -1.33. The molecule has 0 bridgehead atoms. The molecule has 0 saturated heterocycles. The fourth-order valence-electron chi connectivity index (χ4n) is 4.53. The van der Waals surface area contributed by atoms with E-state index in [4.69, 9.17) is 0 Å². The van der Waals surface area contributed by atoms with Crippen LogP contribution in [0.2, 0.25) is 0 Å². The van der Waals surface area contributed by atoms with Gasteiger partial charge in [-0.05, 0) is 49.8 Å². The van der Waals surface area contributed by atoms with Gasteiger partial charge in [0.15, 0.2) is 11.6 Å². The number of carbonyl (C=O) groups excluding carboxylic acids is 2. The van der Waals surface area contributed by atoms with Crippen LogP contribution >= 0.6 is 0 Å². The van der Waals surface area contributed by atoms with Crippen molar-refractivity contribution in [2.75, 3.05) is 0 Å². The third-order valence-corrected chi connectivity index (χ3v) is 6.63. The van der Waals surface area contributed by atoms with Crippen molar-refractivity contribution in [3.63, 3.8) is 0 Å². The number of aryl methyl sites for hydroxylation is 2. The van der Waals surface area contributed by atoms with E-state index in [2.05, 4.69) is 13.8 Å². The van der Waals surface area contributed by atoms with Gasteiger partial charge in [-0.1, -0.05) is 88.1 Å². The first kappa shape index (κ1) is 26.2. The van der Waals surface area contributed by atoms with Crippen LogP contribution in [0.4, 0.5) is 0 Å². The minimum Gasteiger partial charge on any atom is -0.508 e. The van der Waals surface area contributed by atoms with E-state index in [1.165, 1.54) is 6.07 Å². The largest absolute Gasteiger partial charge is 0.508 e. The van der Waals surface area contributed by atoms with Gasteiger partial charge in [-0.2, -0.15) is 0 Å². The number of hydrogen-bond acceptors (Lipinski definition) is 4. The molecule has 184 valence electrons. The molecule has 3 rings (SSSR count). The highest BCUT2D eigenvalue weighted by Gasteiger charge is 2.27. The van der Waals surface area contributed by atoms with Crippen LogP contribution in [0, 0.1) is 6.92 Å². The molecular formula is C31H36O4. The fourth-order valence-corrected chi connectivity index (χ4v) is 4.53. The van der Waals surface area contributed by atoms with Crippen LogP contribution in [0.15, 0.2) is 54.6 Å². The zero-order valence-electron chi connectivity index (χ0n) is 21.1. The van der Waals surface area contributed by atoms with Crippen LogP contribution in [-0.4, -0.2) is 21.8 Å². The minimum absolute atomic E-state index is 0.0141. The predicted molar refractivity (Wildman–Crippen MR) is 141 cm³/mol. The highest BCUT2D eigenvalue weighted by Crippen LogP contribution is 2.36. The molecule has 35 heavy (non-hydrogen) atoms. The number of hydrogen-bond donors (Lipinski definition) is 2. The Morgan fingerprint density at radius 1 is 0.686 bits per heavy atom. The van der Waals surface area contributed by atoms with Gasteiger partial charge >= 0.3 is 0 Å². The van der Waals surface area contributed by atoms with E-state index in [0.29, 0.717) is 11.1 Å². The summed E-state index contributed by atoms with van der Waals surface area (Å²) in [6.45, 7) is 5.85. The number of ketones is 2. The molecular weight excluding hydrogens is 436 g/mol. The maximum atomic E-state index is 13.7. The standard InChI is InChI=1S/C31H36O4/c1-4-6-8-14-22-16-10-12-18-24(22)29(33)26-20-27(32)21(3)28(31(26)35)30(34)25-19-13-11-17-23(25)15-9-7-5-2/h10-13,16-20,32,35H,4-9,14-15H2,1-3H3. The average molecular weight is 473 g/mol. The lowest BCUT2D eigenvalue weighted by atomic mass is 9.88. The summed E-state index contributed by atoms with van der Waals surface area (Å²) in [5, 5.41) is 21.9. The second-order valence-corrected chi connectivity index (χ2v) is 9.18. The first-order valence-electron chi connectivity index (χ1n) is 12.7. The molecule has 0 fully saturated rings. The van der Waals surface area contributed by atoms with Gasteiger partial charge in [-0.15, -0.1) is 0 Å². The average Bonchev–Trinajstić information content (AvgIpc) is 2.87. The van der Waals surface area contributed by atoms with Crippen LogP contribution < -0.4 is 0 Å². The Kier molecular flexibility index (Phi) is 9.25. The zero-order valence-corrected chi connectivity index (χ0v) is 21.1. The molecule has 3 aromatic rings. The maximum Gasteiger partial charge on any atom is 0.197 e. The number of rotatable bonds is 12. The number of carbonyl (C=O) groups is 2. The third-order valence-electron chi connectivity index (χ3n) is 6.63. The minimum atomic E-state index is -0.393. The Morgan fingerprint density at radius 3 is 1.69 bits per heavy atom. The van der Waals surface area contributed by atoms with Gasteiger partial charge in [-0.3, -0.25) is 9.59 Å². The van der Waals surface area contributed by atoms with Crippen molar-refractivity contribution in [1.29, 1.82) is 0 Å². The SMILES string of the molecule is CCCCCc1ccccc1C(=O)c1cc(O)c(C)c(C(=O)c2ccccc2CCCCC)c1O. The molecule has 0 radical (unpaired) electrons. The van der Waals surface area contributed by atoms with E-state index in [-0.39, 0.29) is 34.0 Å². The molecule has 0 saturated carbocycles. The van der Waals surface area contributed by atoms with Crippen molar-refractivity contribution in [1.82, 2.24) is 0 Å². The lowest BCUT2D eigenvalue weighted by Crippen LogP contribution is -2.12. The summed E-state index contributed by atoms with van der Waals surface area (Å²) < 4.78 is 0. The van der Waals surface area contributed by atoms with Crippen molar-refractivity contribution in [2.45, 2.75) is 72.1 Å². The van der Waals surface area contributed by atoms with Crippen molar-refractivity contribution >= 4 is 11.6 Å². The predicted octanol–water partition coefficient (Wildman–Crippen LogP) is 7.33.